The topological polar surface area (TPSA) is 54.9 Å². The van der Waals surface area contributed by atoms with Crippen LogP contribution in [0.4, 0.5) is 5.69 Å². The minimum atomic E-state index is -0.154. The molecule has 1 heterocycles. The monoisotopic (exact) mass is 361 g/mol. The summed E-state index contributed by atoms with van der Waals surface area (Å²) < 4.78 is 4.88. The van der Waals surface area contributed by atoms with Crippen LogP contribution in [0.15, 0.2) is 40.9 Å². The number of hydrogen-bond acceptors (Lipinski definition) is 4. The molecule has 4 nitrogen and oxygen atoms in total. The molecule has 0 atom stereocenters. The lowest BCUT2D eigenvalue weighted by Gasteiger charge is -2.06. The Hall–Kier alpha value is -1.79. The van der Waals surface area contributed by atoms with Gasteiger partial charge in [0.1, 0.15) is 4.88 Å². The molecule has 2 aromatic carbocycles. The molecule has 6 heteroatoms. The molecule has 0 saturated carbocycles. The predicted molar refractivity (Wildman–Crippen MR) is 88.9 cm³/mol. The third-order valence-corrected chi connectivity index (χ3v) is 4.42. The van der Waals surface area contributed by atoms with Crippen LogP contribution in [0.25, 0.3) is 10.8 Å². The first kappa shape index (κ1) is 14.2. The van der Waals surface area contributed by atoms with E-state index in [0.29, 0.717) is 11.3 Å². The van der Waals surface area contributed by atoms with E-state index in [9.17, 15) is 4.79 Å². The fraction of sp³-hybridized carbons (Fsp3) is 0.133. The van der Waals surface area contributed by atoms with E-state index in [2.05, 4.69) is 30.8 Å². The second kappa shape index (κ2) is 5.91. The van der Waals surface area contributed by atoms with Gasteiger partial charge in [0.2, 0.25) is 0 Å². The van der Waals surface area contributed by atoms with Crippen LogP contribution >= 0.6 is 27.5 Å². The molecule has 0 aliphatic heterocycles. The lowest BCUT2D eigenvalue weighted by molar-refractivity contribution is 0.102. The molecular weight excluding hydrogens is 350 g/mol. The van der Waals surface area contributed by atoms with Crippen molar-refractivity contribution in [3.05, 3.63) is 51.4 Å². The molecule has 0 radical (unpaired) electrons. The van der Waals surface area contributed by atoms with Crippen LogP contribution in [-0.2, 0) is 6.42 Å². The van der Waals surface area contributed by atoms with Crippen LogP contribution in [0.1, 0.15) is 22.3 Å². The van der Waals surface area contributed by atoms with Crippen LogP contribution in [0, 0.1) is 0 Å². The quantitative estimate of drug-likeness (QED) is 0.757. The zero-order valence-electron chi connectivity index (χ0n) is 11.3. The van der Waals surface area contributed by atoms with Gasteiger partial charge in [-0.05, 0) is 53.0 Å². The lowest BCUT2D eigenvalue weighted by Crippen LogP contribution is -2.12. The molecule has 0 aliphatic carbocycles. The fourth-order valence-corrected chi connectivity index (χ4v) is 3.12. The molecule has 0 spiro atoms. The molecule has 1 aromatic heterocycles. The van der Waals surface area contributed by atoms with Gasteiger partial charge in [0.05, 0.1) is 5.69 Å². The minimum absolute atomic E-state index is 0.154. The van der Waals surface area contributed by atoms with Crippen LogP contribution in [0.3, 0.4) is 0 Å². The van der Waals surface area contributed by atoms with Crippen LogP contribution in [0.2, 0.25) is 0 Å². The number of aryl methyl sites for hydroxylation is 1. The first-order valence-corrected chi connectivity index (χ1v) is 8.06. The van der Waals surface area contributed by atoms with E-state index in [1.807, 2.05) is 43.3 Å². The van der Waals surface area contributed by atoms with Crippen molar-refractivity contribution in [1.29, 1.82) is 0 Å². The number of nitrogens with one attached hydrogen (secondary N) is 1. The summed E-state index contributed by atoms with van der Waals surface area (Å²) in [7, 11) is 0. The second-order valence-corrected chi connectivity index (χ2v) is 6.23. The highest BCUT2D eigenvalue weighted by atomic mass is 79.9. The van der Waals surface area contributed by atoms with Gasteiger partial charge in [-0.25, -0.2) is 0 Å². The molecule has 0 unspecified atom stereocenters. The maximum absolute atomic E-state index is 12.3. The summed E-state index contributed by atoms with van der Waals surface area (Å²) in [4.78, 5) is 12.8. The number of benzene rings is 2. The molecule has 0 fully saturated rings. The zero-order valence-corrected chi connectivity index (χ0v) is 13.7. The lowest BCUT2D eigenvalue weighted by atomic mass is 10.1. The number of nitrogens with zero attached hydrogens (tertiary/aromatic N) is 2. The van der Waals surface area contributed by atoms with Gasteiger partial charge >= 0.3 is 0 Å². The molecule has 1 amide bonds. The standard InChI is InChI=1S/C15H12BrN3OS/c1-2-13-14(21-19-18-13)15(20)17-12-6-4-9-7-11(16)5-3-10(9)8-12/h3-8H,2H2,1H3,(H,17,20). The normalized spacial score (nSPS) is 10.8. The van der Waals surface area contributed by atoms with Gasteiger partial charge in [0.15, 0.2) is 0 Å². The number of carbonyl (C=O) groups is 1. The van der Waals surface area contributed by atoms with Crippen molar-refractivity contribution < 1.29 is 4.79 Å². The van der Waals surface area contributed by atoms with Crippen molar-refractivity contribution in [2.75, 3.05) is 5.32 Å². The summed E-state index contributed by atoms with van der Waals surface area (Å²) in [5.74, 6) is -0.154. The van der Waals surface area contributed by atoms with Crippen molar-refractivity contribution in [2.45, 2.75) is 13.3 Å². The minimum Gasteiger partial charge on any atom is -0.321 e. The Balaban J connectivity index is 1.88. The number of aromatic nitrogens is 2. The Kier molecular flexibility index (Phi) is 3.98. The van der Waals surface area contributed by atoms with Gasteiger partial charge in [-0.15, -0.1) is 5.10 Å². The van der Waals surface area contributed by atoms with E-state index in [0.717, 1.165) is 38.2 Å². The summed E-state index contributed by atoms with van der Waals surface area (Å²) in [6, 6.07) is 11.9. The van der Waals surface area contributed by atoms with Crippen LogP contribution < -0.4 is 5.32 Å². The number of carbonyl (C=O) groups excluding carboxylic acids is 1. The van der Waals surface area contributed by atoms with Gasteiger partial charge in [-0.1, -0.05) is 39.5 Å². The second-order valence-electron chi connectivity index (χ2n) is 4.56. The molecule has 3 aromatic rings. The van der Waals surface area contributed by atoms with Crippen molar-refractivity contribution >= 4 is 49.8 Å². The highest BCUT2D eigenvalue weighted by Gasteiger charge is 2.15. The Morgan fingerprint density at radius 2 is 2.00 bits per heavy atom. The smallest absolute Gasteiger partial charge is 0.269 e. The van der Waals surface area contributed by atoms with Crippen LogP contribution in [-0.4, -0.2) is 15.5 Å². The molecule has 106 valence electrons. The SMILES string of the molecule is CCc1nnsc1C(=O)Nc1ccc2cc(Br)ccc2c1. The molecular formula is C15H12BrN3OS. The Morgan fingerprint density at radius 3 is 2.81 bits per heavy atom. The first-order chi connectivity index (χ1) is 10.2. The Bertz CT molecular complexity index is 816. The van der Waals surface area contributed by atoms with E-state index in [1.54, 1.807) is 0 Å². The van der Waals surface area contributed by atoms with Gasteiger partial charge in [-0.3, -0.25) is 4.79 Å². The Morgan fingerprint density at radius 1 is 1.24 bits per heavy atom. The van der Waals surface area contributed by atoms with Gasteiger partial charge in [-0.2, -0.15) is 0 Å². The maximum Gasteiger partial charge on any atom is 0.269 e. The number of fused-ring (bicyclic) bond motifs is 1. The predicted octanol–water partition coefficient (Wildman–Crippen LogP) is 4.27. The van der Waals surface area contributed by atoms with E-state index in [-0.39, 0.29) is 5.91 Å². The molecule has 21 heavy (non-hydrogen) atoms. The van der Waals surface area contributed by atoms with E-state index >= 15 is 0 Å². The van der Waals surface area contributed by atoms with E-state index < -0.39 is 0 Å². The van der Waals surface area contributed by atoms with Crippen molar-refractivity contribution in [1.82, 2.24) is 9.59 Å². The third-order valence-electron chi connectivity index (χ3n) is 3.16. The highest BCUT2D eigenvalue weighted by Crippen LogP contribution is 2.23. The average molecular weight is 362 g/mol. The summed E-state index contributed by atoms with van der Waals surface area (Å²) in [5.41, 5.74) is 1.51. The van der Waals surface area contributed by atoms with Crippen LogP contribution in [0.5, 0.6) is 0 Å². The molecule has 0 aliphatic rings. The highest BCUT2D eigenvalue weighted by molar-refractivity contribution is 9.10. The van der Waals surface area contributed by atoms with Crippen molar-refractivity contribution in [3.8, 4) is 0 Å². The van der Waals surface area contributed by atoms with Crippen molar-refractivity contribution in [3.63, 3.8) is 0 Å². The molecule has 3 rings (SSSR count). The molecule has 0 saturated heterocycles. The van der Waals surface area contributed by atoms with Crippen molar-refractivity contribution in [2.24, 2.45) is 0 Å². The number of amides is 1. The summed E-state index contributed by atoms with van der Waals surface area (Å²) in [6.07, 6.45) is 0.699. The van der Waals surface area contributed by atoms with E-state index in [1.165, 1.54) is 0 Å². The summed E-state index contributed by atoms with van der Waals surface area (Å²) >= 11 is 4.58. The maximum atomic E-state index is 12.3. The van der Waals surface area contributed by atoms with Gasteiger partial charge in [0, 0.05) is 10.2 Å². The number of rotatable bonds is 3. The molecule has 0 bridgehead atoms. The third kappa shape index (κ3) is 2.96. The Labute approximate surface area is 134 Å². The zero-order chi connectivity index (χ0) is 14.8. The fourth-order valence-electron chi connectivity index (χ4n) is 2.09. The largest absolute Gasteiger partial charge is 0.321 e. The number of hydrogen-bond donors (Lipinski definition) is 1. The average Bonchev–Trinajstić information content (AvgIpc) is 2.96. The summed E-state index contributed by atoms with van der Waals surface area (Å²) in [5, 5.41) is 9.06. The first-order valence-electron chi connectivity index (χ1n) is 6.49. The number of anilines is 1. The summed E-state index contributed by atoms with van der Waals surface area (Å²) in [6.45, 7) is 1.96. The number of halogens is 1. The van der Waals surface area contributed by atoms with E-state index in [4.69, 9.17) is 0 Å². The molecule has 1 N–H and O–H groups in total. The van der Waals surface area contributed by atoms with Gasteiger partial charge < -0.3 is 5.32 Å². The van der Waals surface area contributed by atoms with Gasteiger partial charge in [0.25, 0.3) is 5.91 Å².